The number of allylic oxidation sites excluding steroid dienone is 5. The van der Waals surface area contributed by atoms with Crippen molar-refractivity contribution in [3.63, 3.8) is 0 Å². The van der Waals surface area contributed by atoms with Gasteiger partial charge in [-0.3, -0.25) is 0 Å². The van der Waals surface area contributed by atoms with Gasteiger partial charge in [0.15, 0.2) is 0 Å². The highest BCUT2D eigenvalue weighted by Crippen LogP contribution is 2.38. The molecule has 6 aromatic carbocycles. The molecule has 1 aliphatic heterocycles. The van der Waals surface area contributed by atoms with Crippen molar-refractivity contribution in [2.45, 2.75) is 13.0 Å². The number of rotatable bonds is 7. The fourth-order valence-corrected chi connectivity index (χ4v) is 7.68. The standard InChI is InChI=1S/C46H36BrN3/c1-4-12-31(13-5-2)33-20-23-34(24-21-33)42-30-45(49(3)46(48-42)36-25-22-32-14-6-7-15-35(32)26-36)37-27-38(47)29-39(28-37)50-43-18-10-8-16-40(43)41-17-9-11-19-44(41)50/h4-30,45H,1H2,2-3H3/b13-5-,31-12+. The second kappa shape index (κ2) is 13.3. The molecule has 2 heterocycles. The summed E-state index contributed by atoms with van der Waals surface area (Å²) in [5.74, 6) is 0.932. The van der Waals surface area contributed by atoms with Gasteiger partial charge in [-0.05, 0) is 82.4 Å². The van der Waals surface area contributed by atoms with Crippen LogP contribution in [-0.4, -0.2) is 22.4 Å². The summed E-state index contributed by atoms with van der Waals surface area (Å²) in [5.41, 5.74) is 10.0. The van der Waals surface area contributed by atoms with Crippen molar-refractivity contribution in [2.75, 3.05) is 7.05 Å². The fraction of sp³-hybridized carbons (Fsp3) is 0.0652. The van der Waals surface area contributed by atoms with Crippen LogP contribution >= 0.6 is 15.9 Å². The van der Waals surface area contributed by atoms with Gasteiger partial charge in [-0.1, -0.05) is 144 Å². The minimum atomic E-state index is -0.0766. The maximum Gasteiger partial charge on any atom is 0.137 e. The molecule has 0 saturated carbocycles. The molecule has 4 heteroatoms. The molecule has 1 atom stereocenters. The van der Waals surface area contributed by atoms with Crippen molar-refractivity contribution in [1.29, 1.82) is 0 Å². The van der Waals surface area contributed by atoms with Gasteiger partial charge < -0.3 is 9.47 Å². The van der Waals surface area contributed by atoms with Crippen LogP contribution in [0, 0.1) is 0 Å². The molecule has 50 heavy (non-hydrogen) atoms. The number of aromatic nitrogens is 1. The first kappa shape index (κ1) is 31.6. The van der Waals surface area contributed by atoms with Crippen molar-refractivity contribution < 1.29 is 0 Å². The predicted octanol–water partition coefficient (Wildman–Crippen LogP) is 12.3. The molecule has 0 fully saturated rings. The molecule has 0 saturated heterocycles. The summed E-state index contributed by atoms with van der Waals surface area (Å²) in [6.07, 6.45) is 10.3. The van der Waals surface area contributed by atoms with Gasteiger partial charge in [-0.25, -0.2) is 4.99 Å². The number of hydrogen-bond donors (Lipinski definition) is 0. The predicted molar refractivity (Wildman–Crippen MR) is 217 cm³/mol. The lowest BCUT2D eigenvalue weighted by atomic mass is 9.96. The maximum absolute atomic E-state index is 5.35. The zero-order valence-corrected chi connectivity index (χ0v) is 29.7. The molecule has 1 unspecified atom stereocenters. The van der Waals surface area contributed by atoms with Gasteiger partial charge >= 0.3 is 0 Å². The molecule has 0 radical (unpaired) electrons. The normalized spacial score (nSPS) is 15.2. The number of nitrogens with zero attached hydrogens (tertiary/aromatic N) is 3. The van der Waals surface area contributed by atoms with Gasteiger partial charge in [0.2, 0.25) is 0 Å². The molecule has 0 bridgehead atoms. The second-order valence-electron chi connectivity index (χ2n) is 12.7. The molecule has 3 nitrogen and oxygen atoms in total. The highest BCUT2D eigenvalue weighted by Gasteiger charge is 2.27. The van der Waals surface area contributed by atoms with Crippen LogP contribution in [0.3, 0.4) is 0 Å². The zero-order chi connectivity index (χ0) is 34.2. The fourth-order valence-electron chi connectivity index (χ4n) is 7.19. The summed E-state index contributed by atoms with van der Waals surface area (Å²) in [5, 5.41) is 4.90. The van der Waals surface area contributed by atoms with Crippen molar-refractivity contribution in [1.82, 2.24) is 9.47 Å². The molecule has 8 rings (SSSR count). The monoisotopic (exact) mass is 709 g/mol. The average molecular weight is 711 g/mol. The molecule has 0 spiro atoms. The summed E-state index contributed by atoms with van der Waals surface area (Å²) in [7, 11) is 2.15. The van der Waals surface area contributed by atoms with E-state index in [1.807, 2.05) is 19.1 Å². The first-order chi connectivity index (χ1) is 24.5. The van der Waals surface area contributed by atoms with Crippen LogP contribution in [-0.2, 0) is 0 Å². The van der Waals surface area contributed by atoms with Crippen LogP contribution in [0.4, 0.5) is 0 Å². The van der Waals surface area contributed by atoms with Crippen LogP contribution in [0.2, 0.25) is 0 Å². The van der Waals surface area contributed by atoms with Crippen molar-refractivity contribution in [3.05, 3.63) is 197 Å². The minimum Gasteiger partial charge on any atom is -0.349 e. The molecule has 7 aromatic rings. The van der Waals surface area contributed by atoms with Gasteiger partial charge in [0.05, 0.1) is 22.8 Å². The third kappa shape index (κ3) is 5.72. The number of aliphatic imine (C=N–C) groups is 1. The maximum atomic E-state index is 5.35. The molecule has 0 aliphatic carbocycles. The van der Waals surface area contributed by atoms with Crippen molar-refractivity contribution in [2.24, 2.45) is 4.99 Å². The summed E-state index contributed by atoms with van der Waals surface area (Å²) < 4.78 is 3.41. The first-order valence-corrected chi connectivity index (χ1v) is 17.7. The minimum absolute atomic E-state index is 0.0766. The Morgan fingerprint density at radius 3 is 2.10 bits per heavy atom. The highest BCUT2D eigenvalue weighted by atomic mass is 79.9. The largest absolute Gasteiger partial charge is 0.349 e. The van der Waals surface area contributed by atoms with Crippen molar-refractivity contribution >= 4 is 65.6 Å². The van der Waals surface area contributed by atoms with E-state index in [0.29, 0.717) is 0 Å². The summed E-state index contributed by atoms with van der Waals surface area (Å²) in [6.45, 7) is 5.95. The third-order valence-electron chi connectivity index (χ3n) is 9.54. The van der Waals surface area contributed by atoms with E-state index in [1.165, 1.54) is 38.1 Å². The molecule has 242 valence electrons. The Balaban J connectivity index is 1.29. The average Bonchev–Trinajstić information content (AvgIpc) is 3.49. The van der Waals surface area contributed by atoms with Gasteiger partial charge in [0.25, 0.3) is 0 Å². The first-order valence-electron chi connectivity index (χ1n) is 16.9. The lowest BCUT2D eigenvalue weighted by Crippen LogP contribution is -2.33. The van der Waals surface area contributed by atoms with E-state index in [0.717, 1.165) is 44.0 Å². The summed E-state index contributed by atoms with van der Waals surface area (Å²) in [4.78, 5) is 7.65. The number of halogens is 1. The summed E-state index contributed by atoms with van der Waals surface area (Å²) in [6, 6.07) is 47.8. The summed E-state index contributed by atoms with van der Waals surface area (Å²) >= 11 is 3.91. The molecule has 0 amide bonds. The van der Waals surface area contributed by atoms with E-state index < -0.39 is 0 Å². The number of hydrogen-bond acceptors (Lipinski definition) is 2. The Bertz CT molecular complexity index is 2490. The van der Waals surface area contributed by atoms with E-state index in [4.69, 9.17) is 4.99 Å². The zero-order valence-electron chi connectivity index (χ0n) is 28.1. The lowest BCUT2D eigenvalue weighted by molar-refractivity contribution is 0.435. The van der Waals surface area contributed by atoms with E-state index in [2.05, 4.69) is 191 Å². The number of para-hydroxylation sites is 2. The Labute approximate surface area is 301 Å². The molecule has 1 aliphatic rings. The Kier molecular flexibility index (Phi) is 8.39. The van der Waals surface area contributed by atoms with E-state index in [9.17, 15) is 0 Å². The van der Waals surface area contributed by atoms with Gasteiger partial charge in [0.1, 0.15) is 5.84 Å². The van der Waals surface area contributed by atoms with Gasteiger partial charge in [-0.2, -0.15) is 0 Å². The number of benzene rings is 6. The van der Waals surface area contributed by atoms with Crippen LogP contribution in [0.15, 0.2) is 180 Å². The second-order valence-corrected chi connectivity index (χ2v) is 13.6. The number of amidine groups is 1. The number of fused-ring (bicyclic) bond motifs is 4. The van der Waals surface area contributed by atoms with Gasteiger partial charge in [-0.15, -0.1) is 0 Å². The molecule has 0 N–H and O–H groups in total. The smallest absolute Gasteiger partial charge is 0.137 e. The van der Waals surface area contributed by atoms with E-state index >= 15 is 0 Å². The number of likely N-dealkylation sites (N-methyl/N-ethyl adjacent to an activating group) is 1. The van der Waals surface area contributed by atoms with Crippen molar-refractivity contribution in [3.8, 4) is 5.69 Å². The van der Waals surface area contributed by atoms with E-state index in [1.54, 1.807) is 0 Å². The quantitative estimate of drug-likeness (QED) is 0.151. The third-order valence-corrected chi connectivity index (χ3v) is 10.0. The lowest BCUT2D eigenvalue weighted by Gasteiger charge is -2.34. The molecular formula is C46H36BrN3. The topological polar surface area (TPSA) is 20.5 Å². The Hall–Kier alpha value is -5.71. The van der Waals surface area contributed by atoms with Crippen LogP contribution in [0.1, 0.15) is 35.2 Å². The van der Waals surface area contributed by atoms with Gasteiger partial charge in [0, 0.05) is 33.5 Å². The SMILES string of the molecule is C=C/C=C(\C=C/C)c1ccc(C2=CC(c3cc(Br)cc(-n4c5ccccc5c5ccccc54)c3)N(C)C(c3ccc4ccccc4c3)=N2)cc1. The van der Waals surface area contributed by atoms with Crippen LogP contribution in [0.25, 0.3) is 49.5 Å². The Morgan fingerprint density at radius 2 is 1.40 bits per heavy atom. The Morgan fingerprint density at radius 1 is 0.740 bits per heavy atom. The van der Waals surface area contributed by atoms with E-state index in [-0.39, 0.29) is 6.04 Å². The van der Waals surface area contributed by atoms with Crippen LogP contribution < -0.4 is 0 Å². The molecular weight excluding hydrogens is 674 g/mol. The molecule has 1 aromatic heterocycles. The highest BCUT2D eigenvalue weighted by molar-refractivity contribution is 9.10. The van der Waals surface area contributed by atoms with Crippen LogP contribution in [0.5, 0.6) is 0 Å².